The van der Waals surface area contributed by atoms with E-state index in [-0.39, 0.29) is 8.41 Å². The van der Waals surface area contributed by atoms with Crippen molar-refractivity contribution >= 4 is 13.6 Å². The van der Waals surface area contributed by atoms with E-state index in [0.29, 0.717) is 5.92 Å². The lowest BCUT2D eigenvalue weighted by atomic mass is 9.92. The first-order valence-electron chi connectivity index (χ1n) is 4.55. The van der Waals surface area contributed by atoms with Crippen molar-refractivity contribution in [3.8, 4) is 0 Å². The number of fused-ring (bicyclic) bond motifs is 1. The van der Waals surface area contributed by atoms with Gasteiger partial charge in [-0.15, -0.1) is 0 Å². The van der Waals surface area contributed by atoms with Gasteiger partial charge in [-0.25, -0.2) is 0 Å². The van der Waals surface area contributed by atoms with Crippen LogP contribution in [0.4, 0.5) is 0 Å². The average molecular weight is 174 g/mol. The van der Waals surface area contributed by atoms with Crippen LogP contribution < -0.4 is 0 Å². The summed E-state index contributed by atoms with van der Waals surface area (Å²) in [6.07, 6.45) is 13.8. The lowest BCUT2D eigenvalue weighted by molar-refractivity contribution is 0.598. The van der Waals surface area contributed by atoms with Crippen LogP contribution >= 0.6 is 0 Å². The first kappa shape index (κ1) is 8.18. The van der Waals surface area contributed by atoms with E-state index in [1.165, 1.54) is 6.42 Å². The molecule has 0 nitrogen and oxygen atoms in total. The molecule has 1 fully saturated rings. The number of hydrogen-bond acceptors (Lipinski definition) is 0. The van der Waals surface area contributed by atoms with Crippen LogP contribution in [0.2, 0.25) is 13.1 Å². The Hall–Kier alpha value is -0.433. The molecule has 0 amide bonds. The summed E-state index contributed by atoms with van der Waals surface area (Å²) in [6.45, 7) is 4.72. The second-order valence-corrected chi connectivity index (χ2v) is 6.39. The molecule has 2 rings (SSSR count). The van der Waals surface area contributed by atoms with E-state index in [9.17, 15) is 0 Å². The molecule has 2 atom stereocenters. The maximum absolute atomic E-state index is 3.62. The quantitative estimate of drug-likeness (QED) is 0.494. The SMILES string of the molecule is C[Si](C)=C1[C]C2C=CC=CC2C1. The lowest BCUT2D eigenvalue weighted by Gasteiger charge is -2.12. The smallest absolute Gasteiger partial charge is 0.0150 e. The highest BCUT2D eigenvalue weighted by molar-refractivity contribution is 6.70. The van der Waals surface area contributed by atoms with Gasteiger partial charge in [-0.3, -0.25) is 0 Å². The van der Waals surface area contributed by atoms with E-state index in [0.717, 1.165) is 5.92 Å². The zero-order valence-electron chi connectivity index (χ0n) is 7.67. The highest BCUT2D eigenvalue weighted by Crippen LogP contribution is 2.33. The van der Waals surface area contributed by atoms with E-state index >= 15 is 0 Å². The van der Waals surface area contributed by atoms with Crippen molar-refractivity contribution in [3.05, 3.63) is 30.7 Å². The zero-order valence-corrected chi connectivity index (χ0v) is 8.67. The van der Waals surface area contributed by atoms with Crippen LogP contribution in [0.25, 0.3) is 0 Å². The maximum Gasteiger partial charge on any atom is 0.0150 e. The van der Waals surface area contributed by atoms with Crippen LogP contribution in [0.3, 0.4) is 0 Å². The molecular weight excluding hydrogens is 160 g/mol. The summed E-state index contributed by atoms with van der Waals surface area (Å²) in [6, 6.07) is 0. The topological polar surface area (TPSA) is 0 Å². The molecule has 0 aromatic rings. The highest BCUT2D eigenvalue weighted by Gasteiger charge is 2.28. The van der Waals surface area contributed by atoms with Crippen LogP contribution in [0.5, 0.6) is 0 Å². The van der Waals surface area contributed by atoms with Gasteiger partial charge in [0, 0.05) is 14.8 Å². The molecule has 0 aliphatic heterocycles. The molecule has 0 heterocycles. The number of rotatable bonds is 0. The van der Waals surface area contributed by atoms with Crippen LogP contribution in [0.15, 0.2) is 24.3 Å². The van der Waals surface area contributed by atoms with Crippen molar-refractivity contribution in [2.45, 2.75) is 19.5 Å². The van der Waals surface area contributed by atoms with Crippen molar-refractivity contribution in [2.24, 2.45) is 11.8 Å². The Morgan fingerprint density at radius 1 is 1.33 bits per heavy atom. The molecule has 2 aliphatic carbocycles. The molecule has 0 aromatic carbocycles. The van der Waals surface area contributed by atoms with Gasteiger partial charge in [-0.1, -0.05) is 42.6 Å². The highest BCUT2D eigenvalue weighted by atomic mass is 28.2. The molecule has 0 N–H and O–H groups in total. The molecule has 0 saturated heterocycles. The Morgan fingerprint density at radius 2 is 2.08 bits per heavy atom. The standard InChI is InChI=1S/C11H14Si/c1-12(2)11-7-9-5-3-4-6-10(9)8-11/h3-6,9-10H,7H2,1-2H3. The van der Waals surface area contributed by atoms with Gasteiger partial charge in [0.15, 0.2) is 0 Å². The molecule has 0 aromatic heterocycles. The summed E-state index contributed by atoms with van der Waals surface area (Å²) in [4.78, 5) is 0. The van der Waals surface area contributed by atoms with Crippen molar-refractivity contribution in [1.29, 1.82) is 0 Å². The molecule has 2 radical (unpaired) electrons. The van der Waals surface area contributed by atoms with Gasteiger partial charge in [0.1, 0.15) is 0 Å². The summed E-state index contributed by atoms with van der Waals surface area (Å²) < 4.78 is 0. The van der Waals surface area contributed by atoms with Gasteiger partial charge in [-0.05, 0) is 18.3 Å². The Morgan fingerprint density at radius 3 is 2.75 bits per heavy atom. The number of hydrogen-bond donors (Lipinski definition) is 0. The third kappa shape index (κ3) is 1.38. The molecular formula is C11H14Si. The van der Waals surface area contributed by atoms with E-state index in [2.05, 4.69) is 43.8 Å². The minimum absolute atomic E-state index is 0.232. The number of allylic oxidation sites excluding steroid dienone is 4. The van der Waals surface area contributed by atoms with Gasteiger partial charge in [0.25, 0.3) is 0 Å². The van der Waals surface area contributed by atoms with Gasteiger partial charge in [0.05, 0.1) is 0 Å². The van der Waals surface area contributed by atoms with Crippen LogP contribution in [0.1, 0.15) is 6.42 Å². The van der Waals surface area contributed by atoms with Gasteiger partial charge < -0.3 is 0 Å². The molecule has 62 valence electrons. The Labute approximate surface area is 76.2 Å². The van der Waals surface area contributed by atoms with Crippen molar-refractivity contribution in [1.82, 2.24) is 0 Å². The Bertz CT molecular complexity index is 245. The lowest BCUT2D eigenvalue weighted by Crippen LogP contribution is -2.05. The Kier molecular flexibility index (Phi) is 2.14. The van der Waals surface area contributed by atoms with Crippen molar-refractivity contribution in [2.75, 3.05) is 0 Å². The predicted octanol–water partition coefficient (Wildman–Crippen LogP) is 2.34. The second kappa shape index (κ2) is 3.13. The van der Waals surface area contributed by atoms with E-state index in [1.54, 1.807) is 5.17 Å². The van der Waals surface area contributed by atoms with E-state index < -0.39 is 0 Å². The molecule has 0 bridgehead atoms. The third-order valence-corrected chi connectivity index (χ3v) is 4.19. The third-order valence-electron chi connectivity index (χ3n) is 2.63. The van der Waals surface area contributed by atoms with Crippen molar-refractivity contribution in [3.63, 3.8) is 0 Å². The van der Waals surface area contributed by atoms with Gasteiger partial charge in [0.2, 0.25) is 0 Å². The predicted molar refractivity (Wildman–Crippen MR) is 55.6 cm³/mol. The summed E-state index contributed by atoms with van der Waals surface area (Å²) >= 11 is 0. The summed E-state index contributed by atoms with van der Waals surface area (Å²) in [5.41, 5.74) is 0. The van der Waals surface area contributed by atoms with E-state index in [1.807, 2.05) is 0 Å². The fraction of sp³-hybridized carbons (Fsp3) is 0.455. The average Bonchev–Trinajstić information content (AvgIpc) is 2.46. The summed E-state index contributed by atoms with van der Waals surface area (Å²) in [5, 5.41) is 1.62. The fourth-order valence-electron chi connectivity index (χ4n) is 1.85. The van der Waals surface area contributed by atoms with Gasteiger partial charge >= 0.3 is 0 Å². The molecule has 2 unspecified atom stereocenters. The molecule has 12 heavy (non-hydrogen) atoms. The monoisotopic (exact) mass is 174 g/mol. The first-order valence-corrected chi connectivity index (χ1v) is 7.05. The summed E-state index contributed by atoms with van der Waals surface area (Å²) in [5.74, 6) is 1.34. The van der Waals surface area contributed by atoms with Crippen molar-refractivity contribution < 1.29 is 0 Å². The largest absolute Gasteiger partial charge is 0.0808 e. The molecule has 1 saturated carbocycles. The fourth-order valence-corrected chi connectivity index (χ4v) is 2.95. The van der Waals surface area contributed by atoms with E-state index in [4.69, 9.17) is 0 Å². The first-order chi connectivity index (χ1) is 5.77. The van der Waals surface area contributed by atoms with Crippen LogP contribution in [0, 0.1) is 18.3 Å². The van der Waals surface area contributed by atoms with Crippen LogP contribution in [-0.4, -0.2) is 13.6 Å². The van der Waals surface area contributed by atoms with Gasteiger partial charge in [-0.2, -0.15) is 0 Å². The minimum Gasteiger partial charge on any atom is -0.0808 e. The summed E-state index contributed by atoms with van der Waals surface area (Å²) in [7, 11) is -0.232. The molecule has 1 heteroatoms. The maximum atomic E-state index is 3.62. The molecule has 0 spiro atoms. The van der Waals surface area contributed by atoms with Crippen LogP contribution in [-0.2, 0) is 0 Å². The molecule has 2 aliphatic rings. The normalized spacial score (nSPS) is 32.3. The zero-order chi connectivity index (χ0) is 8.55. The second-order valence-electron chi connectivity index (χ2n) is 3.79. The minimum atomic E-state index is -0.232. The Balaban J connectivity index is 2.21.